The van der Waals surface area contributed by atoms with Gasteiger partial charge in [0.05, 0.1) is 31.5 Å². The quantitative estimate of drug-likeness (QED) is 0.596. The summed E-state index contributed by atoms with van der Waals surface area (Å²) < 4.78 is 16.0. The van der Waals surface area contributed by atoms with Crippen molar-refractivity contribution in [2.45, 2.75) is 13.5 Å². The topological polar surface area (TPSA) is 89.3 Å². The molecular formula is C23H23NO6. The number of ether oxygens (including phenoxy) is 3. The maximum Gasteiger partial charge on any atom is 0.337 e. The normalized spacial score (nSPS) is 17.7. The summed E-state index contributed by atoms with van der Waals surface area (Å²) in [6.07, 6.45) is 1.62. The number of hydrogen-bond acceptors (Lipinski definition) is 6. The highest BCUT2D eigenvalue weighted by Gasteiger charge is 2.33. The van der Waals surface area contributed by atoms with E-state index in [2.05, 4.69) is 0 Å². The summed E-state index contributed by atoms with van der Waals surface area (Å²) in [6.45, 7) is 5.19. The summed E-state index contributed by atoms with van der Waals surface area (Å²) >= 11 is 0. The number of esters is 1. The van der Waals surface area contributed by atoms with E-state index in [4.69, 9.17) is 14.2 Å². The second-order valence-electron chi connectivity index (χ2n) is 7.47. The van der Waals surface area contributed by atoms with Gasteiger partial charge in [-0.1, -0.05) is 23.9 Å². The van der Waals surface area contributed by atoms with E-state index in [0.29, 0.717) is 53.3 Å². The molecule has 2 aromatic carbocycles. The van der Waals surface area contributed by atoms with Crippen LogP contribution in [0.25, 0.3) is 6.08 Å². The number of ketones is 1. The van der Waals surface area contributed by atoms with Gasteiger partial charge in [-0.3, -0.25) is 4.79 Å². The van der Waals surface area contributed by atoms with Crippen LogP contribution in [0.4, 0.5) is 0 Å². The molecule has 0 amide bonds. The number of carbonyl (C=O) groups excluding carboxylic acids is 2. The molecule has 156 valence electrons. The first-order chi connectivity index (χ1) is 14.5. The van der Waals surface area contributed by atoms with Gasteiger partial charge in [0.2, 0.25) is 5.78 Å². The van der Waals surface area contributed by atoms with Crippen LogP contribution >= 0.6 is 0 Å². The number of benzene rings is 2. The van der Waals surface area contributed by atoms with Gasteiger partial charge in [-0.05, 0) is 36.3 Å². The van der Waals surface area contributed by atoms with E-state index in [-0.39, 0.29) is 17.3 Å². The van der Waals surface area contributed by atoms with Gasteiger partial charge in [0.1, 0.15) is 25.4 Å². The highest BCUT2D eigenvalue weighted by atomic mass is 16.5. The molecule has 0 radical (unpaired) electrons. The highest BCUT2D eigenvalue weighted by molar-refractivity contribution is 6.15. The minimum absolute atomic E-state index is 0.110. The summed E-state index contributed by atoms with van der Waals surface area (Å²) in [5, 5.41) is 12.7. The van der Waals surface area contributed by atoms with Crippen LogP contribution in [0.3, 0.4) is 0 Å². The Morgan fingerprint density at radius 2 is 1.93 bits per heavy atom. The monoisotopic (exact) mass is 409 g/mol. The second-order valence-corrected chi connectivity index (χ2v) is 7.47. The predicted octanol–water partition coefficient (Wildman–Crippen LogP) is 0.887. The zero-order valence-corrected chi connectivity index (χ0v) is 16.9. The zero-order valence-electron chi connectivity index (χ0n) is 16.9. The van der Waals surface area contributed by atoms with Gasteiger partial charge in [0, 0.05) is 5.56 Å². The molecule has 4 rings (SSSR count). The van der Waals surface area contributed by atoms with Gasteiger partial charge in [-0.2, -0.15) is 0 Å². The number of allylic oxidation sites excluding steroid dienone is 1. The van der Waals surface area contributed by atoms with Crippen LogP contribution in [0, 0.1) is 6.92 Å². The Kier molecular flexibility index (Phi) is 5.57. The lowest BCUT2D eigenvalue weighted by molar-refractivity contribution is -0.921. The van der Waals surface area contributed by atoms with Crippen LogP contribution in [-0.2, 0) is 16.0 Å². The maximum absolute atomic E-state index is 13.0. The van der Waals surface area contributed by atoms with Crippen molar-refractivity contribution in [3.05, 3.63) is 63.9 Å². The van der Waals surface area contributed by atoms with E-state index >= 15 is 0 Å². The molecule has 0 atom stereocenters. The van der Waals surface area contributed by atoms with Gasteiger partial charge >= 0.3 is 5.97 Å². The molecule has 2 aromatic rings. The Hall–Kier alpha value is -3.16. The van der Waals surface area contributed by atoms with Gasteiger partial charge in [0.15, 0.2) is 5.76 Å². The molecule has 0 aliphatic carbocycles. The maximum atomic E-state index is 13.0. The lowest BCUT2D eigenvalue weighted by atomic mass is 9.99. The third-order valence-corrected chi connectivity index (χ3v) is 5.46. The van der Waals surface area contributed by atoms with Crippen molar-refractivity contribution < 1.29 is 33.8 Å². The molecule has 1 saturated heterocycles. The first kappa shape index (κ1) is 20.1. The first-order valence-electron chi connectivity index (χ1n) is 9.85. The Morgan fingerprint density at radius 1 is 1.23 bits per heavy atom. The lowest BCUT2D eigenvalue weighted by Crippen LogP contribution is -3.12. The zero-order chi connectivity index (χ0) is 21.3. The molecule has 0 bridgehead atoms. The Morgan fingerprint density at radius 3 is 2.60 bits per heavy atom. The van der Waals surface area contributed by atoms with Crippen molar-refractivity contribution in [2.24, 2.45) is 0 Å². The van der Waals surface area contributed by atoms with E-state index in [1.807, 2.05) is 0 Å². The van der Waals surface area contributed by atoms with Crippen LogP contribution in [0.2, 0.25) is 0 Å². The van der Waals surface area contributed by atoms with Crippen LogP contribution in [0.5, 0.6) is 11.5 Å². The average Bonchev–Trinajstić information content (AvgIpc) is 3.08. The van der Waals surface area contributed by atoms with Crippen molar-refractivity contribution in [1.29, 1.82) is 0 Å². The molecule has 2 aliphatic heterocycles. The van der Waals surface area contributed by atoms with E-state index in [0.717, 1.165) is 13.1 Å². The van der Waals surface area contributed by atoms with Crippen molar-refractivity contribution >= 4 is 17.8 Å². The second kappa shape index (κ2) is 8.30. The SMILES string of the molecule is COC(=O)c1ccc(C=C2Oc3c(C[NH+]4CCOCC4)c([O-])cc(C)c3C2=O)cc1. The number of fused-ring (bicyclic) bond motifs is 1. The number of quaternary nitrogens is 1. The first-order valence-corrected chi connectivity index (χ1v) is 9.85. The number of morpholine rings is 1. The fourth-order valence-electron chi connectivity index (χ4n) is 3.81. The van der Waals surface area contributed by atoms with Crippen LogP contribution in [-0.4, -0.2) is 45.2 Å². The average molecular weight is 409 g/mol. The molecule has 2 aliphatic rings. The molecule has 7 heteroatoms. The minimum Gasteiger partial charge on any atom is -0.872 e. The molecule has 0 aromatic heterocycles. The van der Waals surface area contributed by atoms with Crippen molar-refractivity contribution in [1.82, 2.24) is 0 Å². The van der Waals surface area contributed by atoms with E-state index < -0.39 is 5.97 Å². The lowest BCUT2D eigenvalue weighted by Gasteiger charge is -2.26. The molecular weight excluding hydrogens is 386 g/mol. The highest BCUT2D eigenvalue weighted by Crippen LogP contribution is 2.40. The summed E-state index contributed by atoms with van der Waals surface area (Å²) in [6, 6.07) is 8.19. The van der Waals surface area contributed by atoms with Gasteiger partial charge < -0.3 is 24.2 Å². The number of methoxy groups -OCH3 is 1. The summed E-state index contributed by atoms with van der Waals surface area (Å²) in [4.78, 5) is 25.8. The van der Waals surface area contributed by atoms with Crippen molar-refractivity contribution in [3.63, 3.8) is 0 Å². The standard InChI is InChI=1S/C23H23NO6/c1-14-11-18(25)17(13-24-7-9-29-10-8-24)22-20(14)21(26)19(30-22)12-15-3-5-16(6-4-15)23(27)28-2/h3-6,11-12,25H,7-10,13H2,1-2H3. The Balaban J connectivity index is 1.64. The number of aryl methyl sites for hydroxylation is 1. The third kappa shape index (κ3) is 3.81. The molecule has 0 unspecified atom stereocenters. The molecule has 1 fully saturated rings. The van der Waals surface area contributed by atoms with E-state index in [1.54, 1.807) is 37.3 Å². The summed E-state index contributed by atoms with van der Waals surface area (Å²) in [5.74, 6) is -0.229. The molecule has 0 spiro atoms. The van der Waals surface area contributed by atoms with Crippen LogP contribution in [0.1, 0.15) is 37.4 Å². The van der Waals surface area contributed by atoms with Gasteiger partial charge in [-0.25, -0.2) is 4.79 Å². The molecule has 0 saturated carbocycles. The third-order valence-electron chi connectivity index (χ3n) is 5.46. The van der Waals surface area contributed by atoms with Crippen LogP contribution < -0.4 is 14.7 Å². The van der Waals surface area contributed by atoms with Crippen molar-refractivity contribution in [2.75, 3.05) is 33.4 Å². The van der Waals surface area contributed by atoms with Gasteiger partial charge in [0.25, 0.3) is 0 Å². The molecule has 1 N–H and O–H groups in total. The van der Waals surface area contributed by atoms with Crippen molar-refractivity contribution in [3.8, 4) is 11.5 Å². The smallest absolute Gasteiger partial charge is 0.337 e. The fraction of sp³-hybridized carbons (Fsp3) is 0.304. The fourth-order valence-corrected chi connectivity index (χ4v) is 3.81. The number of nitrogens with one attached hydrogen (secondary N) is 1. The van der Waals surface area contributed by atoms with Gasteiger partial charge in [-0.15, -0.1) is 0 Å². The number of carbonyl (C=O) groups is 2. The Bertz CT molecular complexity index is 1020. The number of hydrogen-bond donors (Lipinski definition) is 1. The number of Topliss-reactive ketones (excluding diaryl/α,β-unsaturated/α-hetero) is 1. The predicted molar refractivity (Wildman–Crippen MR) is 107 cm³/mol. The van der Waals surface area contributed by atoms with E-state index in [1.165, 1.54) is 18.1 Å². The largest absolute Gasteiger partial charge is 0.872 e. The summed E-state index contributed by atoms with van der Waals surface area (Å²) in [7, 11) is 1.32. The molecule has 30 heavy (non-hydrogen) atoms. The van der Waals surface area contributed by atoms with Crippen LogP contribution in [0.15, 0.2) is 36.1 Å². The summed E-state index contributed by atoms with van der Waals surface area (Å²) in [5.41, 5.74) is 2.73. The molecule has 2 heterocycles. The molecule has 7 nitrogen and oxygen atoms in total. The van der Waals surface area contributed by atoms with E-state index in [9.17, 15) is 14.7 Å². The number of rotatable bonds is 4. The Labute approximate surface area is 174 Å². The minimum atomic E-state index is -0.427.